The van der Waals surface area contributed by atoms with Crippen molar-refractivity contribution in [2.75, 3.05) is 26.0 Å². The zero-order chi connectivity index (χ0) is 18.6. The third kappa shape index (κ3) is 4.28. The molecule has 0 fully saturated rings. The van der Waals surface area contributed by atoms with Crippen LogP contribution in [0.4, 0.5) is 18.9 Å². The van der Waals surface area contributed by atoms with Gasteiger partial charge in [0.25, 0.3) is 11.8 Å². The molecule has 2 aromatic carbocycles. The van der Waals surface area contributed by atoms with E-state index in [4.69, 9.17) is 4.74 Å². The number of likely N-dealkylation sites (N-methyl/N-ethyl adjacent to an activating group) is 1. The summed E-state index contributed by atoms with van der Waals surface area (Å²) in [6.45, 7) is -0.295. The van der Waals surface area contributed by atoms with E-state index in [2.05, 4.69) is 5.32 Å². The highest BCUT2D eigenvalue weighted by Crippen LogP contribution is 2.23. The minimum Gasteiger partial charge on any atom is -0.483 e. The van der Waals surface area contributed by atoms with E-state index < -0.39 is 29.0 Å². The molecule has 0 aromatic heterocycles. The summed E-state index contributed by atoms with van der Waals surface area (Å²) in [5.74, 6) is -5.56. The minimum atomic E-state index is -1.68. The monoisotopic (exact) mass is 352 g/mol. The van der Waals surface area contributed by atoms with Crippen molar-refractivity contribution in [1.29, 1.82) is 0 Å². The number of benzene rings is 2. The predicted molar refractivity (Wildman–Crippen MR) is 84.9 cm³/mol. The van der Waals surface area contributed by atoms with Crippen LogP contribution in [-0.4, -0.2) is 37.4 Å². The lowest BCUT2D eigenvalue weighted by molar-refractivity contribution is -0.130. The molecule has 132 valence electrons. The van der Waals surface area contributed by atoms with Crippen molar-refractivity contribution >= 4 is 17.5 Å². The summed E-state index contributed by atoms with van der Waals surface area (Å²) in [5.41, 5.74) is -0.499. The Labute approximate surface area is 142 Å². The molecule has 0 aliphatic carbocycles. The van der Waals surface area contributed by atoms with Gasteiger partial charge in [-0.15, -0.1) is 0 Å². The van der Waals surface area contributed by atoms with Gasteiger partial charge in [-0.3, -0.25) is 9.59 Å². The normalized spacial score (nSPS) is 10.3. The second-order valence-electron chi connectivity index (χ2n) is 5.25. The van der Waals surface area contributed by atoms with Crippen LogP contribution >= 0.6 is 0 Å². The predicted octanol–water partition coefficient (Wildman–Crippen LogP) is 2.82. The maximum atomic E-state index is 13.7. The minimum absolute atomic E-state index is 0.0122. The molecule has 0 saturated heterocycles. The van der Waals surface area contributed by atoms with Crippen LogP contribution in [0.5, 0.6) is 5.75 Å². The Hall–Kier alpha value is -3.03. The lowest BCUT2D eigenvalue weighted by Crippen LogP contribution is -2.28. The van der Waals surface area contributed by atoms with Gasteiger partial charge in [-0.05, 0) is 24.3 Å². The zero-order valence-electron chi connectivity index (χ0n) is 13.5. The molecule has 0 aliphatic rings. The number of hydrogen-bond acceptors (Lipinski definition) is 3. The number of carbonyl (C=O) groups excluding carboxylic acids is 2. The Balaban J connectivity index is 2.20. The van der Waals surface area contributed by atoms with E-state index in [-0.39, 0.29) is 23.8 Å². The van der Waals surface area contributed by atoms with Crippen molar-refractivity contribution in [2.45, 2.75) is 0 Å². The first-order chi connectivity index (χ1) is 11.8. The van der Waals surface area contributed by atoms with Crippen LogP contribution < -0.4 is 10.1 Å². The fraction of sp³-hybridized carbons (Fsp3) is 0.176. The largest absolute Gasteiger partial charge is 0.483 e. The number of nitrogens with one attached hydrogen (secondary N) is 1. The van der Waals surface area contributed by atoms with Crippen LogP contribution in [0.25, 0.3) is 0 Å². The number of para-hydroxylation sites is 1. The van der Waals surface area contributed by atoms with Crippen LogP contribution in [-0.2, 0) is 4.79 Å². The van der Waals surface area contributed by atoms with Gasteiger partial charge in [0.2, 0.25) is 0 Å². The van der Waals surface area contributed by atoms with Crippen LogP contribution in [0.2, 0.25) is 0 Å². The topological polar surface area (TPSA) is 58.6 Å². The van der Waals surface area contributed by atoms with E-state index in [1.165, 1.54) is 23.1 Å². The van der Waals surface area contributed by atoms with Crippen molar-refractivity contribution < 1.29 is 27.5 Å². The molecule has 0 saturated carbocycles. The Morgan fingerprint density at radius 2 is 1.72 bits per heavy atom. The number of ether oxygens (including phenoxy) is 1. The van der Waals surface area contributed by atoms with Crippen LogP contribution in [0, 0.1) is 17.5 Å². The van der Waals surface area contributed by atoms with Crippen molar-refractivity contribution in [1.82, 2.24) is 4.90 Å². The summed E-state index contributed by atoms with van der Waals surface area (Å²) in [6.07, 6.45) is 0. The molecule has 2 aromatic rings. The van der Waals surface area contributed by atoms with Crippen LogP contribution in [0.1, 0.15) is 10.4 Å². The summed E-state index contributed by atoms with van der Waals surface area (Å²) >= 11 is 0. The average Bonchev–Trinajstić information content (AvgIpc) is 2.60. The van der Waals surface area contributed by atoms with Crippen molar-refractivity contribution in [3.05, 3.63) is 59.4 Å². The highest BCUT2D eigenvalue weighted by atomic mass is 19.2. The molecule has 8 heteroatoms. The number of amides is 2. The van der Waals surface area contributed by atoms with E-state index >= 15 is 0 Å². The number of nitrogens with zero attached hydrogens (tertiary/aromatic N) is 1. The summed E-state index contributed by atoms with van der Waals surface area (Å²) in [4.78, 5) is 25.2. The maximum Gasteiger partial charge on any atom is 0.259 e. The average molecular weight is 352 g/mol. The molecule has 5 nitrogen and oxygen atoms in total. The second kappa shape index (κ2) is 7.69. The Kier molecular flexibility index (Phi) is 5.63. The molecule has 0 aliphatic heterocycles. The summed E-state index contributed by atoms with van der Waals surface area (Å²) < 4.78 is 45.2. The Bertz CT molecular complexity index is 810. The number of carbonyl (C=O) groups is 2. The fourth-order valence-electron chi connectivity index (χ4n) is 1.86. The van der Waals surface area contributed by atoms with Gasteiger partial charge in [-0.1, -0.05) is 12.1 Å². The first-order valence-electron chi connectivity index (χ1n) is 7.18. The first-order valence-corrected chi connectivity index (χ1v) is 7.18. The van der Waals surface area contributed by atoms with Gasteiger partial charge in [-0.2, -0.15) is 0 Å². The third-order valence-electron chi connectivity index (χ3n) is 3.27. The quantitative estimate of drug-likeness (QED) is 0.842. The molecular formula is C17H15F3N2O3. The summed E-state index contributed by atoms with van der Waals surface area (Å²) in [5, 5.41) is 2.15. The van der Waals surface area contributed by atoms with Crippen molar-refractivity contribution in [3.63, 3.8) is 0 Å². The smallest absolute Gasteiger partial charge is 0.259 e. The Morgan fingerprint density at radius 3 is 2.40 bits per heavy atom. The van der Waals surface area contributed by atoms with Gasteiger partial charge in [0.15, 0.2) is 24.1 Å². The Morgan fingerprint density at radius 1 is 1.04 bits per heavy atom. The number of hydrogen-bond donors (Lipinski definition) is 1. The van der Waals surface area contributed by atoms with E-state index in [1.54, 1.807) is 20.2 Å². The zero-order valence-corrected chi connectivity index (χ0v) is 13.5. The fourth-order valence-corrected chi connectivity index (χ4v) is 1.86. The molecule has 2 amide bonds. The highest BCUT2D eigenvalue weighted by molar-refractivity contribution is 6.06. The van der Waals surface area contributed by atoms with Gasteiger partial charge >= 0.3 is 0 Å². The number of anilines is 1. The molecular weight excluding hydrogens is 337 g/mol. The standard InChI is InChI=1S/C17H15F3N2O3/c1-22(2)14(23)9-25-13-6-4-3-5-10(13)17(24)21-12-8-7-11(18)15(19)16(12)20/h3-8H,9H2,1-2H3,(H,21,24). The van der Waals surface area contributed by atoms with E-state index in [9.17, 15) is 22.8 Å². The van der Waals surface area contributed by atoms with Gasteiger partial charge in [0.05, 0.1) is 11.3 Å². The molecule has 0 spiro atoms. The second-order valence-corrected chi connectivity index (χ2v) is 5.25. The molecule has 0 atom stereocenters. The molecule has 0 heterocycles. The molecule has 2 rings (SSSR count). The number of halogens is 3. The third-order valence-corrected chi connectivity index (χ3v) is 3.27. The van der Waals surface area contributed by atoms with Gasteiger partial charge in [-0.25, -0.2) is 13.2 Å². The SMILES string of the molecule is CN(C)C(=O)COc1ccccc1C(=O)Nc1ccc(F)c(F)c1F. The lowest BCUT2D eigenvalue weighted by Gasteiger charge is -2.14. The van der Waals surface area contributed by atoms with E-state index in [0.717, 1.165) is 6.07 Å². The molecule has 25 heavy (non-hydrogen) atoms. The van der Waals surface area contributed by atoms with Gasteiger partial charge < -0.3 is 15.0 Å². The van der Waals surface area contributed by atoms with Gasteiger partial charge in [0.1, 0.15) is 5.75 Å². The lowest BCUT2D eigenvalue weighted by atomic mass is 10.1. The van der Waals surface area contributed by atoms with E-state index in [0.29, 0.717) is 6.07 Å². The van der Waals surface area contributed by atoms with Crippen molar-refractivity contribution in [2.24, 2.45) is 0 Å². The summed E-state index contributed by atoms with van der Waals surface area (Å²) in [7, 11) is 3.10. The van der Waals surface area contributed by atoms with Gasteiger partial charge in [0, 0.05) is 14.1 Å². The van der Waals surface area contributed by atoms with E-state index in [1.807, 2.05) is 0 Å². The molecule has 0 unspecified atom stereocenters. The highest BCUT2D eigenvalue weighted by Gasteiger charge is 2.18. The van der Waals surface area contributed by atoms with Crippen LogP contribution in [0.15, 0.2) is 36.4 Å². The van der Waals surface area contributed by atoms with Crippen LogP contribution in [0.3, 0.4) is 0 Å². The molecule has 1 N–H and O–H groups in total. The van der Waals surface area contributed by atoms with Crippen molar-refractivity contribution in [3.8, 4) is 5.75 Å². The molecule has 0 bridgehead atoms. The first kappa shape index (κ1) is 18.3. The summed E-state index contributed by atoms with van der Waals surface area (Å²) in [6, 6.07) is 7.58. The maximum absolute atomic E-state index is 13.7. The molecule has 0 radical (unpaired) electrons. The number of rotatable bonds is 5.